The van der Waals surface area contributed by atoms with Gasteiger partial charge in [-0.3, -0.25) is 9.79 Å². The summed E-state index contributed by atoms with van der Waals surface area (Å²) in [5, 5.41) is 11.1. The molecular formula is C14H14N4O2. The van der Waals surface area contributed by atoms with Crippen molar-refractivity contribution in [3.63, 3.8) is 0 Å². The average Bonchev–Trinajstić information content (AvgIpc) is 2.93. The van der Waals surface area contributed by atoms with Crippen LogP contribution in [0, 0.1) is 0 Å². The van der Waals surface area contributed by atoms with Gasteiger partial charge in [0.15, 0.2) is 0 Å². The third-order valence-electron chi connectivity index (χ3n) is 3.46. The average molecular weight is 270 g/mol. The molecule has 1 aromatic carbocycles. The first-order chi connectivity index (χ1) is 9.58. The molecule has 0 saturated heterocycles. The van der Waals surface area contributed by atoms with Gasteiger partial charge in [-0.15, -0.1) is 0 Å². The smallest absolute Gasteiger partial charge is 0.255 e. The second-order valence-corrected chi connectivity index (χ2v) is 4.72. The maximum absolute atomic E-state index is 11.2. The molecule has 0 radical (unpaired) electrons. The van der Waals surface area contributed by atoms with Crippen molar-refractivity contribution in [2.24, 2.45) is 16.5 Å². The fraction of sp³-hybridized carbons (Fsp3) is 0.143. The lowest BCUT2D eigenvalue weighted by Gasteiger charge is -2.07. The number of nitrogens with zero attached hydrogens (tertiary/aromatic N) is 1. The van der Waals surface area contributed by atoms with E-state index in [0.29, 0.717) is 6.42 Å². The lowest BCUT2D eigenvalue weighted by atomic mass is 10.0. The van der Waals surface area contributed by atoms with Crippen LogP contribution < -0.4 is 11.5 Å². The largest absolute Gasteiger partial charge is 0.509 e. The van der Waals surface area contributed by atoms with Gasteiger partial charge in [-0.2, -0.15) is 0 Å². The topological polar surface area (TPSA) is 117 Å². The molecule has 3 rings (SSSR count). The highest BCUT2D eigenvalue weighted by Gasteiger charge is 2.30. The maximum atomic E-state index is 11.2. The fourth-order valence-corrected chi connectivity index (χ4v) is 2.49. The van der Waals surface area contributed by atoms with Gasteiger partial charge in [0.05, 0.1) is 0 Å². The van der Waals surface area contributed by atoms with Gasteiger partial charge in [-0.1, -0.05) is 18.2 Å². The molecule has 1 atom stereocenters. The Hall–Kier alpha value is -2.76. The van der Waals surface area contributed by atoms with E-state index in [-0.39, 0.29) is 17.2 Å². The zero-order valence-corrected chi connectivity index (χ0v) is 10.6. The number of hydrogen-bond acceptors (Lipinski definition) is 4. The molecule has 0 saturated carbocycles. The van der Waals surface area contributed by atoms with Crippen LogP contribution in [0.3, 0.4) is 0 Å². The minimum atomic E-state index is -0.759. The van der Waals surface area contributed by atoms with Crippen molar-refractivity contribution in [3.8, 4) is 0 Å². The van der Waals surface area contributed by atoms with Crippen LogP contribution in [0.2, 0.25) is 0 Å². The molecule has 2 heterocycles. The van der Waals surface area contributed by atoms with Gasteiger partial charge in [0.25, 0.3) is 5.91 Å². The van der Waals surface area contributed by atoms with Crippen LogP contribution in [0.4, 0.5) is 0 Å². The van der Waals surface area contributed by atoms with Gasteiger partial charge in [0.2, 0.25) is 0 Å². The van der Waals surface area contributed by atoms with Crippen LogP contribution in [0.15, 0.2) is 46.8 Å². The van der Waals surface area contributed by atoms with Crippen LogP contribution in [-0.2, 0) is 11.2 Å². The molecule has 6 nitrogen and oxygen atoms in total. The Kier molecular flexibility index (Phi) is 2.71. The second kappa shape index (κ2) is 4.41. The van der Waals surface area contributed by atoms with Gasteiger partial charge in [-0.05, 0) is 11.6 Å². The summed E-state index contributed by atoms with van der Waals surface area (Å²) in [5.74, 6) is -0.912. The quantitative estimate of drug-likeness (QED) is 0.659. The number of benzene rings is 1. The highest BCUT2D eigenvalue weighted by Crippen LogP contribution is 2.25. The summed E-state index contributed by atoms with van der Waals surface area (Å²) < 4.78 is 0. The van der Waals surface area contributed by atoms with Crippen LogP contribution >= 0.6 is 0 Å². The minimum absolute atomic E-state index is 0.000147. The maximum Gasteiger partial charge on any atom is 0.255 e. The van der Waals surface area contributed by atoms with E-state index in [0.717, 1.165) is 16.5 Å². The predicted octanol–water partition coefficient (Wildman–Crippen LogP) is 0.747. The molecule has 6 N–H and O–H groups in total. The summed E-state index contributed by atoms with van der Waals surface area (Å²) in [6.45, 7) is 0. The first-order valence-electron chi connectivity index (χ1n) is 6.19. The standard InChI is InChI=1S/C14H14N4O2/c15-13-11(14(16)20)12(19)10(18-13)5-7-6-17-9-4-2-1-3-8(7)9/h1-4,6,10,17,19H,5H2,(H2,15,18)(H2,16,20). The van der Waals surface area contributed by atoms with Crippen LogP contribution in [0.25, 0.3) is 10.9 Å². The van der Waals surface area contributed by atoms with E-state index in [9.17, 15) is 9.90 Å². The van der Waals surface area contributed by atoms with E-state index >= 15 is 0 Å². The van der Waals surface area contributed by atoms with Crippen molar-refractivity contribution in [2.45, 2.75) is 12.5 Å². The van der Waals surface area contributed by atoms with Gasteiger partial charge in [0, 0.05) is 23.5 Å². The van der Waals surface area contributed by atoms with Crippen molar-refractivity contribution in [1.82, 2.24) is 4.98 Å². The number of nitrogens with one attached hydrogen (secondary N) is 1. The second-order valence-electron chi connectivity index (χ2n) is 4.72. The third-order valence-corrected chi connectivity index (χ3v) is 3.46. The number of aliphatic imine (C=N–C) groups is 1. The van der Waals surface area contributed by atoms with Gasteiger partial charge >= 0.3 is 0 Å². The summed E-state index contributed by atoms with van der Waals surface area (Å²) >= 11 is 0. The number of aliphatic hydroxyl groups excluding tert-OH is 1. The third kappa shape index (κ3) is 1.82. The monoisotopic (exact) mass is 270 g/mol. The lowest BCUT2D eigenvalue weighted by Crippen LogP contribution is -2.25. The molecule has 0 spiro atoms. The summed E-state index contributed by atoms with van der Waals surface area (Å²) in [5.41, 5.74) is 12.7. The number of amidine groups is 1. The molecule has 0 aliphatic carbocycles. The molecule has 0 bridgehead atoms. The number of aromatic amines is 1. The Morgan fingerprint density at radius 3 is 2.85 bits per heavy atom. The molecule has 102 valence electrons. The number of para-hydroxylation sites is 1. The van der Waals surface area contributed by atoms with Crippen molar-refractivity contribution < 1.29 is 9.90 Å². The first kappa shape index (κ1) is 12.3. The van der Waals surface area contributed by atoms with Gasteiger partial charge in [-0.25, -0.2) is 0 Å². The van der Waals surface area contributed by atoms with E-state index in [1.807, 2.05) is 30.5 Å². The van der Waals surface area contributed by atoms with E-state index in [4.69, 9.17) is 11.5 Å². The Balaban J connectivity index is 1.95. The number of primary amides is 1. The fourth-order valence-electron chi connectivity index (χ4n) is 2.49. The minimum Gasteiger partial charge on any atom is -0.509 e. The Morgan fingerprint density at radius 2 is 2.15 bits per heavy atom. The normalized spacial score (nSPS) is 18.6. The molecule has 6 heteroatoms. The Morgan fingerprint density at radius 1 is 1.40 bits per heavy atom. The highest BCUT2D eigenvalue weighted by molar-refractivity contribution is 6.21. The van der Waals surface area contributed by atoms with Crippen LogP contribution in [0.1, 0.15) is 5.56 Å². The molecule has 1 amide bonds. The number of rotatable bonds is 3. The molecule has 1 aliphatic heterocycles. The molecule has 1 aliphatic rings. The molecule has 1 aromatic heterocycles. The summed E-state index contributed by atoms with van der Waals surface area (Å²) in [7, 11) is 0. The summed E-state index contributed by atoms with van der Waals surface area (Å²) in [4.78, 5) is 18.5. The zero-order chi connectivity index (χ0) is 14.3. The molecular weight excluding hydrogens is 256 g/mol. The Bertz CT molecular complexity index is 757. The van der Waals surface area contributed by atoms with Gasteiger partial charge < -0.3 is 21.6 Å². The number of amides is 1. The number of hydrogen-bond donors (Lipinski definition) is 4. The number of H-pyrrole nitrogens is 1. The van der Waals surface area contributed by atoms with Crippen molar-refractivity contribution in [2.75, 3.05) is 0 Å². The molecule has 1 unspecified atom stereocenters. The van der Waals surface area contributed by atoms with Crippen molar-refractivity contribution in [1.29, 1.82) is 0 Å². The number of nitrogens with two attached hydrogens (primary N) is 2. The predicted molar refractivity (Wildman–Crippen MR) is 76.3 cm³/mol. The number of aliphatic hydroxyl groups is 1. The summed E-state index contributed by atoms with van der Waals surface area (Å²) in [6.07, 6.45) is 2.32. The highest BCUT2D eigenvalue weighted by atomic mass is 16.3. The van der Waals surface area contributed by atoms with Gasteiger partial charge in [0.1, 0.15) is 23.2 Å². The molecule has 0 fully saturated rings. The number of carbonyl (C=O) groups excluding carboxylic acids is 1. The van der Waals surface area contributed by atoms with E-state index < -0.39 is 11.9 Å². The SMILES string of the molecule is NC(=O)C1=C(O)C(Cc2c[nH]c3ccccc23)N=C1N. The molecule has 2 aromatic rings. The molecule has 20 heavy (non-hydrogen) atoms. The van der Waals surface area contributed by atoms with E-state index in [1.165, 1.54) is 0 Å². The zero-order valence-electron chi connectivity index (χ0n) is 10.6. The van der Waals surface area contributed by atoms with Crippen LogP contribution in [-0.4, -0.2) is 27.9 Å². The van der Waals surface area contributed by atoms with E-state index in [2.05, 4.69) is 9.98 Å². The van der Waals surface area contributed by atoms with E-state index in [1.54, 1.807) is 0 Å². The number of aromatic nitrogens is 1. The van der Waals surface area contributed by atoms with Crippen molar-refractivity contribution >= 4 is 22.6 Å². The Labute approximate surface area is 114 Å². The summed E-state index contributed by atoms with van der Waals surface area (Å²) in [6, 6.07) is 7.28. The van der Waals surface area contributed by atoms with Crippen molar-refractivity contribution in [3.05, 3.63) is 47.4 Å². The number of carbonyl (C=O) groups is 1. The lowest BCUT2D eigenvalue weighted by molar-refractivity contribution is -0.114. The van der Waals surface area contributed by atoms with Crippen LogP contribution in [0.5, 0.6) is 0 Å². The first-order valence-corrected chi connectivity index (χ1v) is 6.19. The number of fused-ring (bicyclic) bond motifs is 1.